The zero-order valence-electron chi connectivity index (χ0n) is 14.2. The molecule has 1 N–H and O–H groups in total. The van der Waals surface area contributed by atoms with Crippen molar-refractivity contribution < 1.29 is 4.79 Å². The zero-order chi connectivity index (χ0) is 15.5. The summed E-state index contributed by atoms with van der Waals surface area (Å²) in [4.78, 5) is 14.8. The number of hydrogen-bond donors (Lipinski definition) is 1. The Morgan fingerprint density at radius 2 is 1.95 bits per heavy atom. The van der Waals surface area contributed by atoms with Gasteiger partial charge in [0.1, 0.15) is 0 Å². The molecule has 1 heterocycles. The maximum absolute atomic E-state index is 12.7. The largest absolute Gasteiger partial charge is 0.324 e. The van der Waals surface area contributed by atoms with Crippen LogP contribution < -0.4 is 5.32 Å². The van der Waals surface area contributed by atoms with Crippen LogP contribution in [0.5, 0.6) is 0 Å². The van der Waals surface area contributed by atoms with E-state index in [1.54, 1.807) is 0 Å². The minimum absolute atomic E-state index is 0.00130. The highest BCUT2D eigenvalue weighted by atomic mass is 32.2. The fourth-order valence-corrected chi connectivity index (χ4v) is 2.92. The molecule has 4 heteroatoms. The van der Waals surface area contributed by atoms with Crippen molar-refractivity contribution in [2.75, 3.05) is 12.8 Å². The Morgan fingerprint density at radius 3 is 2.40 bits per heavy atom. The van der Waals surface area contributed by atoms with E-state index in [2.05, 4.69) is 58.0 Å². The molecule has 1 saturated heterocycles. The van der Waals surface area contributed by atoms with Crippen molar-refractivity contribution in [2.45, 2.75) is 71.3 Å². The molecule has 0 spiro atoms. The van der Waals surface area contributed by atoms with Crippen molar-refractivity contribution in [1.29, 1.82) is 0 Å². The van der Waals surface area contributed by atoms with Crippen LogP contribution in [0, 0.1) is 11.8 Å². The summed E-state index contributed by atoms with van der Waals surface area (Å²) in [7, 11) is 0. The molecule has 0 saturated carbocycles. The highest BCUT2D eigenvalue weighted by Crippen LogP contribution is 2.29. The number of thioether (sulfide) groups is 1. The molecule has 20 heavy (non-hydrogen) atoms. The highest BCUT2D eigenvalue weighted by molar-refractivity contribution is 7.99. The molecule has 3 atom stereocenters. The van der Waals surface area contributed by atoms with E-state index in [9.17, 15) is 4.79 Å². The molecule has 3 unspecified atom stereocenters. The first-order valence-electron chi connectivity index (χ1n) is 7.83. The van der Waals surface area contributed by atoms with E-state index in [1.807, 2.05) is 11.8 Å². The smallest absolute Gasteiger partial charge is 0.241 e. The standard InChI is InChI=1S/C16H32N2OS/c1-8-12(4)14-15(19)18(10-16(5,6)20-7)13(17-14)9-11(2)3/h11-14,17H,8-10H2,1-7H3. The van der Waals surface area contributed by atoms with E-state index in [4.69, 9.17) is 0 Å². The van der Waals surface area contributed by atoms with Crippen LogP contribution in [0.1, 0.15) is 54.4 Å². The average molecular weight is 301 g/mol. The average Bonchev–Trinajstić information content (AvgIpc) is 2.65. The minimum atomic E-state index is 0.00130. The predicted molar refractivity (Wildman–Crippen MR) is 88.9 cm³/mol. The second kappa shape index (κ2) is 7.17. The van der Waals surface area contributed by atoms with E-state index >= 15 is 0 Å². The van der Waals surface area contributed by atoms with Crippen LogP contribution in [0.2, 0.25) is 0 Å². The third-order valence-electron chi connectivity index (χ3n) is 4.31. The van der Waals surface area contributed by atoms with Gasteiger partial charge in [-0.15, -0.1) is 0 Å². The first-order valence-corrected chi connectivity index (χ1v) is 9.06. The van der Waals surface area contributed by atoms with Gasteiger partial charge in [0.15, 0.2) is 0 Å². The van der Waals surface area contributed by atoms with Crippen LogP contribution >= 0.6 is 11.8 Å². The quantitative estimate of drug-likeness (QED) is 0.782. The Hall–Kier alpha value is -0.220. The summed E-state index contributed by atoms with van der Waals surface area (Å²) in [6, 6.07) is 0.00130. The number of amides is 1. The molecule has 3 nitrogen and oxygen atoms in total. The van der Waals surface area contributed by atoms with E-state index < -0.39 is 0 Å². The van der Waals surface area contributed by atoms with Gasteiger partial charge in [0.2, 0.25) is 5.91 Å². The Bertz CT molecular complexity index is 330. The van der Waals surface area contributed by atoms with Gasteiger partial charge in [-0.2, -0.15) is 11.8 Å². The van der Waals surface area contributed by atoms with Crippen LogP contribution in [0.15, 0.2) is 0 Å². The van der Waals surface area contributed by atoms with Gasteiger partial charge in [-0.05, 0) is 38.4 Å². The third-order valence-corrected chi connectivity index (χ3v) is 5.54. The second-order valence-electron chi connectivity index (χ2n) is 7.11. The lowest BCUT2D eigenvalue weighted by molar-refractivity contribution is -0.131. The third kappa shape index (κ3) is 4.39. The second-order valence-corrected chi connectivity index (χ2v) is 8.62. The summed E-state index contributed by atoms with van der Waals surface area (Å²) in [5.41, 5.74) is 0. The maximum atomic E-state index is 12.7. The summed E-state index contributed by atoms with van der Waals surface area (Å²) in [6.45, 7) is 14.0. The van der Waals surface area contributed by atoms with Crippen molar-refractivity contribution in [3.8, 4) is 0 Å². The van der Waals surface area contributed by atoms with Gasteiger partial charge in [0, 0.05) is 11.3 Å². The summed E-state index contributed by atoms with van der Waals surface area (Å²) in [5.74, 6) is 1.29. The zero-order valence-corrected chi connectivity index (χ0v) is 15.0. The number of rotatable bonds is 7. The van der Waals surface area contributed by atoms with Crippen molar-refractivity contribution in [2.24, 2.45) is 11.8 Å². The van der Waals surface area contributed by atoms with Gasteiger partial charge in [-0.1, -0.05) is 34.1 Å². The Labute approximate surface area is 129 Å². The van der Waals surface area contributed by atoms with Crippen LogP contribution in [-0.2, 0) is 4.79 Å². The SMILES string of the molecule is CCC(C)C1NC(CC(C)C)N(CC(C)(C)SC)C1=O. The summed E-state index contributed by atoms with van der Waals surface area (Å²) < 4.78 is 0.108. The summed E-state index contributed by atoms with van der Waals surface area (Å²) in [5, 5.41) is 3.59. The topological polar surface area (TPSA) is 32.3 Å². The number of nitrogens with one attached hydrogen (secondary N) is 1. The van der Waals surface area contributed by atoms with E-state index in [1.165, 1.54) is 0 Å². The van der Waals surface area contributed by atoms with Crippen molar-refractivity contribution in [1.82, 2.24) is 10.2 Å². The van der Waals surface area contributed by atoms with Crippen molar-refractivity contribution in [3.05, 3.63) is 0 Å². The van der Waals surface area contributed by atoms with Gasteiger partial charge in [-0.25, -0.2) is 0 Å². The number of carbonyl (C=O) groups is 1. The molecule has 0 aromatic heterocycles. The van der Waals surface area contributed by atoms with Crippen LogP contribution in [0.3, 0.4) is 0 Å². The van der Waals surface area contributed by atoms with Crippen LogP contribution in [-0.4, -0.2) is 40.6 Å². The van der Waals surface area contributed by atoms with Gasteiger partial charge in [-0.3, -0.25) is 10.1 Å². The predicted octanol–water partition coefficient (Wildman–Crippen LogP) is 3.35. The highest BCUT2D eigenvalue weighted by Gasteiger charge is 2.42. The molecular weight excluding hydrogens is 268 g/mol. The molecule has 0 bridgehead atoms. The monoisotopic (exact) mass is 300 g/mol. The van der Waals surface area contributed by atoms with E-state index in [-0.39, 0.29) is 17.0 Å². The van der Waals surface area contributed by atoms with Crippen molar-refractivity contribution >= 4 is 17.7 Å². The Balaban J connectivity index is 2.87. The first kappa shape index (κ1) is 17.8. The van der Waals surface area contributed by atoms with E-state index in [0.717, 1.165) is 19.4 Å². The molecule has 0 aliphatic carbocycles. The van der Waals surface area contributed by atoms with Crippen molar-refractivity contribution in [3.63, 3.8) is 0 Å². The van der Waals surface area contributed by atoms with Crippen LogP contribution in [0.25, 0.3) is 0 Å². The minimum Gasteiger partial charge on any atom is -0.324 e. The number of carbonyl (C=O) groups excluding carboxylic acids is 1. The van der Waals surface area contributed by atoms with Gasteiger partial charge in [0.05, 0.1) is 12.2 Å². The Kier molecular flexibility index (Phi) is 6.39. The maximum Gasteiger partial charge on any atom is 0.241 e. The van der Waals surface area contributed by atoms with Crippen LogP contribution in [0.4, 0.5) is 0 Å². The lowest BCUT2D eigenvalue weighted by atomic mass is 9.99. The normalized spacial score (nSPS) is 25.6. The molecule has 0 aromatic rings. The molecule has 118 valence electrons. The fourth-order valence-electron chi connectivity index (χ4n) is 2.65. The lowest BCUT2D eigenvalue weighted by Gasteiger charge is -2.33. The summed E-state index contributed by atoms with van der Waals surface area (Å²) in [6.07, 6.45) is 4.39. The molecule has 1 rings (SSSR count). The molecular formula is C16H32N2OS. The molecule has 1 aliphatic heterocycles. The fraction of sp³-hybridized carbons (Fsp3) is 0.938. The van der Waals surface area contributed by atoms with E-state index in [0.29, 0.717) is 17.7 Å². The summed E-state index contributed by atoms with van der Waals surface area (Å²) >= 11 is 1.83. The molecule has 1 amide bonds. The Morgan fingerprint density at radius 1 is 1.35 bits per heavy atom. The lowest BCUT2D eigenvalue weighted by Crippen LogP contribution is -2.44. The van der Waals surface area contributed by atoms with Gasteiger partial charge < -0.3 is 4.90 Å². The number of nitrogens with zero attached hydrogens (tertiary/aromatic N) is 1. The van der Waals surface area contributed by atoms with Gasteiger partial charge in [0.25, 0.3) is 0 Å². The van der Waals surface area contributed by atoms with Gasteiger partial charge >= 0.3 is 0 Å². The first-order chi connectivity index (χ1) is 9.21. The molecule has 0 radical (unpaired) electrons. The molecule has 1 aliphatic rings. The molecule has 0 aromatic carbocycles. The molecule has 1 fully saturated rings. The number of hydrogen-bond acceptors (Lipinski definition) is 3.